The van der Waals surface area contributed by atoms with Crippen molar-refractivity contribution in [3.8, 4) is 5.75 Å². The van der Waals surface area contributed by atoms with Crippen LogP contribution in [0.3, 0.4) is 0 Å². The van der Waals surface area contributed by atoms with Crippen LogP contribution in [0.2, 0.25) is 0 Å². The van der Waals surface area contributed by atoms with Gasteiger partial charge in [0.15, 0.2) is 0 Å². The second-order valence-electron chi connectivity index (χ2n) is 5.21. The number of nitrogens with one attached hydrogen (secondary N) is 1. The summed E-state index contributed by atoms with van der Waals surface area (Å²) in [6.45, 7) is 7.50. The van der Waals surface area contributed by atoms with E-state index in [2.05, 4.69) is 25.2 Å². The third-order valence-electron chi connectivity index (χ3n) is 3.57. The minimum Gasteiger partial charge on any atom is -0.489 e. The molecule has 0 spiro atoms. The zero-order chi connectivity index (χ0) is 15.2. The molecule has 0 aliphatic heterocycles. The highest BCUT2D eigenvalue weighted by Crippen LogP contribution is 2.20. The minimum atomic E-state index is -0.210. The SMILES string of the molecule is CCNC(C)c1cccc(OCc2ccc(F)cc2C)c1. The Kier molecular flexibility index (Phi) is 5.34. The molecule has 0 aliphatic rings. The maximum Gasteiger partial charge on any atom is 0.123 e. The highest BCUT2D eigenvalue weighted by atomic mass is 19.1. The molecule has 1 atom stereocenters. The van der Waals surface area contributed by atoms with Crippen molar-refractivity contribution in [1.82, 2.24) is 5.32 Å². The molecule has 112 valence electrons. The Bertz CT molecular complexity index is 598. The number of hydrogen-bond donors (Lipinski definition) is 1. The smallest absolute Gasteiger partial charge is 0.123 e. The third kappa shape index (κ3) is 4.30. The first-order chi connectivity index (χ1) is 10.1. The molecule has 0 amide bonds. The van der Waals surface area contributed by atoms with E-state index < -0.39 is 0 Å². The third-order valence-corrected chi connectivity index (χ3v) is 3.57. The van der Waals surface area contributed by atoms with Crippen molar-refractivity contribution in [2.45, 2.75) is 33.4 Å². The molecular weight excluding hydrogens is 265 g/mol. The van der Waals surface area contributed by atoms with Crippen molar-refractivity contribution in [3.63, 3.8) is 0 Å². The maximum atomic E-state index is 13.1. The zero-order valence-electron chi connectivity index (χ0n) is 12.8. The summed E-state index contributed by atoms with van der Waals surface area (Å²) in [7, 11) is 0. The Balaban J connectivity index is 2.04. The topological polar surface area (TPSA) is 21.3 Å². The molecule has 0 radical (unpaired) electrons. The average Bonchev–Trinajstić information content (AvgIpc) is 2.47. The quantitative estimate of drug-likeness (QED) is 0.851. The van der Waals surface area contributed by atoms with Crippen LogP contribution in [0.1, 0.15) is 36.6 Å². The van der Waals surface area contributed by atoms with Gasteiger partial charge < -0.3 is 10.1 Å². The van der Waals surface area contributed by atoms with Gasteiger partial charge in [-0.3, -0.25) is 0 Å². The summed E-state index contributed by atoms with van der Waals surface area (Å²) in [5, 5.41) is 3.38. The highest BCUT2D eigenvalue weighted by molar-refractivity contribution is 5.31. The summed E-state index contributed by atoms with van der Waals surface area (Å²) in [5.74, 6) is 0.624. The van der Waals surface area contributed by atoms with Crippen molar-refractivity contribution in [1.29, 1.82) is 0 Å². The van der Waals surface area contributed by atoms with Crippen LogP contribution in [0.15, 0.2) is 42.5 Å². The second kappa shape index (κ2) is 7.23. The molecule has 2 aromatic carbocycles. The van der Waals surface area contributed by atoms with E-state index in [1.165, 1.54) is 17.7 Å². The number of hydrogen-bond acceptors (Lipinski definition) is 2. The van der Waals surface area contributed by atoms with Crippen LogP contribution in [-0.2, 0) is 6.61 Å². The van der Waals surface area contributed by atoms with Gasteiger partial charge in [-0.2, -0.15) is 0 Å². The Hall–Kier alpha value is -1.87. The maximum absolute atomic E-state index is 13.1. The monoisotopic (exact) mass is 287 g/mol. The van der Waals surface area contributed by atoms with Crippen molar-refractivity contribution < 1.29 is 9.13 Å². The van der Waals surface area contributed by atoms with E-state index in [9.17, 15) is 4.39 Å². The molecule has 0 aliphatic carbocycles. The molecule has 1 N–H and O–H groups in total. The van der Waals surface area contributed by atoms with Gasteiger partial charge in [0.25, 0.3) is 0 Å². The van der Waals surface area contributed by atoms with Gasteiger partial charge in [-0.1, -0.05) is 25.1 Å². The van der Waals surface area contributed by atoms with Gasteiger partial charge in [0.1, 0.15) is 18.2 Å². The number of aryl methyl sites for hydroxylation is 1. The fraction of sp³-hybridized carbons (Fsp3) is 0.333. The lowest BCUT2D eigenvalue weighted by Crippen LogP contribution is -2.17. The van der Waals surface area contributed by atoms with E-state index in [1.807, 2.05) is 25.1 Å². The Morgan fingerprint density at radius 3 is 2.71 bits per heavy atom. The normalized spacial score (nSPS) is 12.2. The van der Waals surface area contributed by atoms with Crippen LogP contribution in [0.5, 0.6) is 5.75 Å². The molecule has 0 bridgehead atoms. The van der Waals surface area contributed by atoms with Gasteiger partial charge in [0.2, 0.25) is 0 Å². The summed E-state index contributed by atoms with van der Waals surface area (Å²) in [5.41, 5.74) is 3.11. The van der Waals surface area contributed by atoms with E-state index in [0.29, 0.717) is 12.6 Å². The molecule has 0 aromatic heterocycles. The first kappa shape index (κ1) is 15.5. The summed E-state index contributed by atoms with van der Waals surface area (Å²) in [6, 6.07) is 13.1. The molecule has 1 unspecified atom stereocenters. The van der Waals surface area contributed by atoms with Crippen molar-refractivity contribution in [2.75, 3.05) is 6.54 Å². The summed E-state index contributed by atoms with van der Waals surface area (Å²) >= 11 is 0. The van der Waals surface area contributed by atoms with Gasteiger partial charge >= 0.3 is 0 Å². The van der Waals surface area contributed by atoms with Crippen LogP contribution < -0.4 is 10.1 Å². The summed E-state index contributed by atoms with van der Waals surface area (Å²) in [4.78, 5) is 0. The van der Waals surface area contributed by atoms with Gasteiger partial charge in [-0.25, -0.2) is 4.39 Å². The largest absolute Gasteiger partial charge is 0.489 e. The highest BCUT2D eigenvalue weighted by Gasteiger charge is 2.06. The number of rotatable bonds is 6. The molecular formula is C18H22FNO. The van der Waals surface area contributed by atoms with E-state index in [4.69, 9.17) is 4.74 Å². The molecule has 0 heterocycles. The molecule has 0 fully saturated rings. The Morgan fingerprint density at radius 2 is 2.00 bits per heavy atom. The second-order valence-corrected chi connectivity index (χ2v) is 5.21. The molecule has 2 aromatic rings. The first-order valence-corrected chi connectivity index (χ1v) is 7.31. The number of ether oxygens (including phenoxy) is 1. The summed E-state index contributed by atoms with van der Waals surface area (Å²) < 4.78 is 18.9. The first-order valence-electron chi connectivity index (χ1n) is 7.31. The van der Waals surface area contributed by atoms with Gasteiger partial charge in [0, 0.05) is 6.04 Å². The summed E-state index contributed by atoms with van der Waals surface area (Å²) in [6.07, 6.45) is 0. The van der Waals surface area contributed by atoms with Crippen LogP contribution in [-0.4, -0.2) is 6.54 Å². The lowest BCUT2D eigenvalue weighted by Gasteiger charge is -2.14. The average molecular weight is 287 g/mol. The molecule has 0 saturated heterocycles. The fourth-order valence-electron chi connectivity index (χ4n) is 2.28. The molecule has 2 rings (SSSR count). The van der Waals surface area contributed by atoms with E-state index in [0.717, 1.165) is 23.4 Å². The fourth-order valence-corrected chi connectivity index (χ4v) is 2.28. The van der Waals surface area contributed by atoms with E-state index in [-0.39, 0.29) is 5.82 Å². The van der Waals surface area contributed by atoms with Crippen LogP contribution >= 0.6 is 0 Å². The van der Waals surface area contributed by atoms with Crippen molar-refractivity contribution in [2.24, 2.45) is 0 Å². The lowest BCUT2D eigenvalue weighted by molar-refractivity contribution is 0.304. The van der Waals surface area contributed by atoms with Crippen molar-refractivity contribution in [3.05, 3.63) is 65.0 Å². The number of halogens is 1. The van der Waals surface area contributed by atoms with Gasteiger partial charge in [-0.15, -0.1) is 0 Å². The predicted octanol–water partition coefficient (Wildman–Crippen LogP) is 4.38. The van der Waals surface area contributed by atoms with Crippen LogP contribution in [0, 0.1) is 12.7 Å². The lowest BCUT2D eigenvalue weighted by atomic mass is 10.1. The van der Waals surface area contributed by atoms with Crippen LogP contribution in [0.25, 0.3) is 0 Å². The molecule has 2 nitrogen and oxygen atoms in total. The number of benzene rings is 2. The van der Waals surface area contributed by atoms with Crippen molar-refractivity contribution >= 4 is 0 Å². The Morgan fingerprint density at radius 1 is 1.19 bits per heavy atom. The minimum absolute atomic E-state index is 0.210. The van der Waals surface area contributed by atoms with E-state index >= 15 is 0 Å². The van der Waals surface area contributed by atoms with Crippen LogP contribution in [0.4, 0.5) is 4.39 Å². The standard InChI is InChI=1S/C18H22FNO/c1-4-20-14(3)15-6-5-7-18(11-15)21-12-16-8-9-17(19)10-13(16)2/h5-11,14,20H,4,12H2,1-3H3. The van der Waals surface area contributed by atoms with Gasteiger partial charge in [-0.05, 0) is 61.3 Å². The van der Waals surface area contributed by atoms with Gasteiger partial charge in [0.05, 0.1) is 0 Å². The molecule has 21 heavy (non-hydrogen) atoms. The molecule has 3 heteroatoms. The van der Waals surface area contributed by atoms with E-state index in [1.54, 1.807) is 6.07 Å². The molecule has 0 saturated carbocycles. The zero-order valence-corrected chi connectivity index (χ0v) is 12.8. The predicted molar refractivity (Wildman–Crippen MR) is 84.0 cm³/mol. The Labute approximate surface area is 126 Å².